The first-order valence-electron chi connectivity index (χ1n) is 7.94. The van der Waals surface area contributed by atoms with E-state index in [1.807, 2.05) is 30.3 Å². The van der Waals surface area contributed by atoms with Crippen LogP contribution in [0.2, 0.25) is 0 Å². The van der Waals surface area contributed by atoms with Gasteiger partial charge in [0.05, 0.1) is 0 Å². The van der Waals surface area contributed by atoms with Crippen LogP contribution in [0.25, 0.3) is 11.1 Å². The zero-order valence-corrected chi connectivity index (χ0v) is 13.8. The summed E-state index contributed by atoms with van der Waals surface area (Å²) in [5.74, 6) is -1.26. The quantitative estimate of drug-likeness (QED) is 0.333. The van der Waals surface area contributed by atoms with Gasteiger partial charge in [-0.25, -0.2) is 4.79 Å². The van der Waals surface area contributed by atoms with Gasteiger partial charge in [0, 0.05) is 12.0 Å². The largest absolute Gasteiger partial charge is 0.508 e. The van der Waals surface area contributed by atoms with Crippen LogP contribution in [0, 0.1) is 12.5 Å². The molecule has 0 unspecified atom stereocenters. The van der Waals surface area contributed by atoms with Crippen molar-refractivity contribution in [3.05, 3.63) is 83.4 Å². The van der Waals surface area contributed by atoms with Crippen LogP contribution < -0.4 is 0 Å². The molecule has 26 heavy (non-hydrogen) atoms. The maximum Gasteiger partial charge on any atom is 0.355 e. The van der Waals surface area contributed by atoms with Crippen LogP contribution >= 0.6 is 0 Å². The van der Waals surface area contributed by atoms with Gasteiger partial charge in [-0.1, -0.05) is 61.0 Å². The summed E-state index contributed by atoms with van der Waals surface area (Å²) in [7, 11) is 0. The van der Waals surface area contributed by atoms with E-state index in [9.17, 15) is 15.0 Å². The third-order valence-electron chi connectivity index (χ3n) is 4.00. The number of fused-ring (bicyclic) bond motifs is 1. The highest BCUT2D eigenvalue weighted by molar-refractivity contribution is 5.94. The van der Waals surface area contributed by atoms with Crippen molar-refractivity contribution in [1.29, 1.82) is 0 Å². The van der Waals surface area contributed by atoms with Crippen LogP contribution in [-0.2, 0) is 11.2 Å². The number of hydrogen-bond donors (Lipinski definition) is 2. The van der Waals surface area contributed by atoms with E-state index in [0.717, 1.165) is 11.6 Å². The van der Waals surface area contributed by atoms with Gasteiger partial charge in [-0.2, -0.15) is 0 Å². The van der Waals surface area contributed by atoms with E-state index >= 15 is 0 Å². The topological polar surface area (TPSA) is 66.8 Å². The van der Waals surface area contributed by atoms with Gasteiger partial charge < -0.3 is 14.9 Å². The van der Waals surface area contributed by atoms with Crippen LogP contribution in [0.1, 0.15) is 21.5 Å². The number of ether oxygens (including phenoxy) is 1. The van der Waals surface area contributed by atoms with Gasteiger partial charge in [0.2, 0.25) is 0 Å². The summed E-state index contributed by atoms with van der Waals surface area (Å²) >= 11 is 0. The molecule has 4 rings (SSSR count). The van der Waals surface area contributed by atoms with Crippen molar-refractivity contribution in [2.45, 2.75) is 6.42 Å². The van der Waals surface area contributed by atoms with Gasteiger partial charge in [0.15, 0.2) is 0 Å². The number of esters is 1. The van der Waals surface area contributed by atoms with Gasteiger partial charge >= 0.3 is 5.97 Å². The molecule has 2 aliphatic carbocycles. The SMILES string of the molecule is C#COC(=O)c1cc(O)cc(Cc2ccccc2)c1O.c1cc2ccc1-2. The lowest BCUT2D eigenvalue weighted by Gasteiger charge is -2.10. The number of rotatable bonds is 3. The fraction of sp³-hybridized carbons (Fsp3) is 0.0455. The lowest BCUT2D eigenvalue weighted by atomic mass is 9.95. The minimum absolute atomic E-state index is 0.141. The molecule has 0 saturated carbocycles. The monoisotopic (exact) mass is 344 g/mol. The van der Waals surface area contributed by atoms with E-state index in [0.29, 0.717) is 12.0 Å². The number of phenols is 2. The minimum Gasteiger partial charge on any atom is -0.508 e. The Morgan fingerprint density at radius 3 is 2.08 bits per heavy atom. The first-order chi connectivity index (χ1) is 12.6. The van der Waals surface area contributed by atoms with E-state index in [4.69, 9.17) is 6.42 Å². The van der Waals surface area contributed by atoms with Gasteiger partial charge in [-0.15, -0.1) is 0 Å². The molecule has 0 spiro atoms. The van der Waals surface area contributed by atoms with E-state index < -0.39 is 5.97 Å². The molecule has 0 aromatic heterocycles. The molecule has 0 aliphatic heterocycles. The predicted octanol–water partition coefficient (Wildman–Crippen LogP) is 4.10. The van der Waals surface area contributed by atoms with E-state index in [-0.39, 0.29) is 17.1 Å². The average molecular weight is 344 g/mol. The first kappa shape index (κ1) is 17.1. The van der Waals surface area contributed by atoms with Crippen molar-refractivity contribution in [1.82, 2.24) is 0 Å². The molecule has 0 atom stereocenters. The fourth-order valence-corrected chi connectivity index (χ4v) is 2.56. The summed E-state index contributed by atoms with van der Waals surface area (Å²) in [5, 5.41) is 19.7. The van der Waals surface area contributed by atoms with Gasteiger partial charge in [-0.05, 0) is 28.8 Å². The molecule has 2 aromatic carbocycles. The second-order valence-electron chi connectivity index (χ2n) is 5.75. The molecule has 0 heterocycles. The van der Waals surface area contributed by atoms with Crippen molar-refractivity contribution in [2.75, 3.05) is 0 Å². The summed E-state index contributed by atoms with van der Waals surface area (Å²) in [6, 6.07) is 20.4. The molecular weight excluding hydrogens is 328 g/mol. The normalized spacial score (nSPS) is 10.1. The molecule has 0 saturated heterocycles. The molecule has 4 heteroatoms. The molecule has 4 nitrogen and oxygen atoms in total. The van der Waals surface area contributed by atoms with Crippen LogP contribution in [0.15, 0.2) is 66.7 Å². The number of aromatic hydroxyl groups is 2. The Balaban J connectivity index is 0.000000269. The Kier molecular flexibility index (Phi) is 4.91. The highest BCUT2D eigenvalue weighted by atomic mass is 16.5. The molecule has 128 valence electrons. The number of carbonyl (C=O) groups excluding carboxylic acids is 1. The first-order valence-corrected chi connectivity index (χ1v) is 7.94. The number of benzene rings is 3. The number of carbonyl (C=O) groups is 1. The standard InChI is InChI=1S/C16H12O4.C6H4/c1-2-20-16(19)14-10-13(17)9-12(15(14)18)8-11-6-4-3-5-7-11;1-2-6-4-3-5(1)6/h1,3-7,9-10,17-18H,8H2;1-4H. The summed E-state index contributed by atoms with van der Waals surface area (Å²) in [4.78, 5) is 11.6. The highest BCUT2D eigenvalue weighted by Crippen LogP contribution is 2.30. The van der Waals surface area contributed by atoms with Gasteiger partial charge in [0.1, 0.15) is 23.2 Å². The average Bonchev–Trinajstić information content (AvgIpc) is 2.62. The maximum absolute atomic E-state index is 11.6. The summed E-state index contributed by atoms with van der Waals surface area (Å²) in [6.45, 7) is 0. The minimum atomic E-state index is -0.879. The second-order valence-corrected chi connectivity index (χ2v) is 5.75. The van der Waals surface area contributed by atoms with Crippen LogP contribution in [0.4, 0.5) is 0 Å². The van der Waals surface area contributed by atoms with Crippen LogP contribution in [-0.4, -0.2) is 16.2 Å². The lowest BCUT2D eigenvalue weighted by Crippen LogP contribution is -2.03. The fourth-order valence-electron chi connectivity index (χ4n) is 2.56. The Bertz CT molecular complexity index is 947. The zero-order chi connectivity index (χ0) is 18.5. The van der Waals surface area contributed by atoms with Crippen molar-refractivity contribution < 1.29 is 19.7 Å². The number of hydrogen-bond acceptors (Lipinski definition) is 4. The van der Waals surface area contributed by atoms with Gasteiger partial charge in [-0.3, -0.25) is 0 Å². The molecule has 2 aliphatic rings. The van der Waals surface area contributed by atoms with Crippen molar-refractivity contribution in [3.63, 3.8) is 0 Å². The summed E-state index contributed by atoms with van der Waals surface area (Å²) < 4.78 is 4.39. The Morgan fingerprint density at radius 2 is 1.58 bits per heavy atom. The third kappa shape index (κ3) is 3.68. The van der Waals surface area contributed by atoms with Gasteiger partial charge in [0.25, 0.3) is 0 Å². The highest BCUT2D eigenvalue weighted by Gasteiger charge is 2.17. The molecule has 0 radical (unpaired) electrons. The van der Waals surface area contributed by atoms with E-state index in [1.165, 1.54) is 17.2 Å². The second kappa shape index (κ2) is 7.45. The van der Waals surface area contributed by atoms with E-state index in [2.05, 4.69) is 29.0 Å². The Hall–Kier alpha value is -3.71. The molecule has 0 amide bonds. The molecule has 0 fully saturated rings. The van der Waals surface area contributed by atoms with Crippen molar-refractivity contribution >= 4 is 5.97 Å². The molecular formula is C22H16O4. The van der Waals surface area contributed by atoms with Crippen LogP contribution in [0.3, 0.4) is 0 Å². The smallest absolute Gasteiger partial charge is 0.355 e. The Labute approximate surface area is 151 Å². The number of phenolic OH excluding ortho intramolecular Hbond substituents is 2. The summed E-state index contributed by atoms with van der Waals surface area (Å²) in [6.07, 6.45) is 6.99. The maximum atomic E-state index is 11.6. The van der Waals surface area contributed by atoms with Crippen LogP contribution in [0.5, 0.6) is 11.5 Å². The molecule has 0 bridgehead atoms. The molecule has 2 N–H and O–H groups in total. The summed E-state index contributed by atoms with van der Waals surface area (Å²) in [5.41, 5.74) is 4.05. The van der Waals surface area contributed by atoms with Crippen molar-refractivity contribution in [2.24, 2.45) is 0 Å². The molecule has 2 aromatic rings. The third-order valence-corrected chi connectivity index (χ3v) is 4.00. The predicted molar refractivity (Wildman–Crippen MR) is 98.7 cm³/mol. The van der Waals surface area contributed by atoms with E-state index in [1.54, 1.807) is 6.11 Å². The lowest BCUT2D eigenvalue weighted by molar-refractivity contribution is 0.0687. The zero-order valence-electron chi connectivity index (χ0n) is 13.8. The number of terminal acetylenes is 1. The Morgan fingerprint density at radius 1 is 0.962 bits per heavy atom. The van der Waals surface area contributed by atoms with Crippen molar-refractivity contribution in [3.8, 4) is 35.2 Å².